The van der Waals surface area contributed by atoms with Crippen molar-refractivity contribution in [1.82, 2.24) is 14.5 Å². The molecule has 1 atom stereocenters. The Kier molecular flexibility index (Phi) is 6.74. The van der Waals surface area contributed by atoms with Crippen molar-refractivity contribution >= 4 is 93.0 Å². The van der Waals surface area contributed by atoms with Crippen LogP contribution in [-0.2, 0) is 6.42 Å². The molecular weight excluding hydrogens is 719 g/mol. The maximum atomic E-state index is 6.25. The number of rotatable bonds is 3. The van der Waals surface area contributed by atoms with Crippen LogP contribution in [0.1, 0.15) is 18.1 Å². The summed E-state index contributed by atoms with van der Waals surface area (Å²) in [5.41, 5.74) is 12.0. The first-order valence-corrected chi connectivity index (χ1v) is 20.5. The minimum Gasteiger partial charge on any atom is -0.456 e. The van der Waals surface area contributed by atoms with Crippen molar-refractivity contribution in [3.05, 3.63) is 181 Å². The maximum Gasteiger partial charge on any atom is 0.235 e. The van der Waals surface area contributed by atoms with Gasteiger partial charge in [0.15, 0.2) is 0 Å². The van der Waals surface area contributed by atoms with Crippen LogP contribution >= 0.6 is 0 Å². The van der Waals surface area contributed by atoms with Gasteiger partial charge in [-0.3, -0.25) is 4.57 Å². The monoisotopic (exact) mass is 753 g/mol. The minimum absolute atomic E-state index is 0.539. The van der Waals surface area contributed by atoms with E-state index in [1.165, 1.54) is 54.4 Å². The molecule has 1 unspecified atom stereocenters. The first-order valence-electron chi connectivity index (χ1n) is 20.5. The Bertz CT molecular complexity index is 3790. The predicted molar refractivity (Wildman–Crippen MR) is 246 cm³/mol. The normalized spacial score (nSPS) is 14.2. The molecule has 3 aromatic heterocycles. The molecule has 12 aromatic rings. The number of hydrogen-bond donors (Lipinski definition) is 0. The van der Waals surface area contributed by atoms with E-state index in [9.17, 15) is 0 Å². The van der Waals surface area contributed by atoms with Crippen LogP contribution in [0, 0.1) is 5.92 Å². The highest BCUT2D eigenvalue weighted by atomic mass is 16.3. The third-order valence-electron chi connectivity index (χ3n) is 12.7. The molecule has 0 aliphatic heterocycles. The first kappa shape index (κ1) is 32.5. The van der Waals surface area contributed by atoms with E-state index in [0.717, 1.165) is 72.5 Å². The lowest BCUT2D eigenvalue weighted by atomic mass is 9.88. The average Bonchev–Trinajstić information content (AvgIpc) is 3.84. The number of furan rings is 1. The molecule has 0 fully saturated rings. The van der Waals surface area contributed by atoms with Gasteiger partial charge in [-0.2, -0.15) is 0 Å². The standard InChI is InChI=1S/C55H35N3O/c1-32-22-23-34-29-36(25-24-33(34)28-32)53-42-17-6-9-19-47(42)56-55(57-53)58-48-20-10-7-18-43(48)52-51-40-15-4-2-12-37(40)44(31-46(51)38-13-3-5-16-41(38)54(52)58)35-26-27-50-45(30-35)39-14-8-11-21-49(39)59-50/h2-27,29-32H,28H2,1H3. The summed E-state index contributed by atoms with van der Waals surface area (Å²) >= 11 is 0. The van der Waals surface area contributed by atoms with Crippen molar-refractivity contribution in [3.8, 4) is 28.3 Å². The van der Waals surface area contributed by atoms with Gasteiger partial charge in [-0.05, 0) is 98.6 Å². The quantitative estimate of drug-likeness (QED) is 0.169. The van der Waals surface area contributed by atoms with Gasteiger partial charge in [-0.25, -0.2) is 9.97 Å². The van der Waals surface area contributed by atoms with E-state index in [4.69, 9.17) is 14.4 Å². The Hall–Kier alpha value is -7.56. The lowest BCUT2D eigenvalue weighted by molar-refractivity contribution is 0.669. The highest BCUT2D eigenvalue weighted by Crippen LogP contribution is 2.47. The molecule has 0 radical (unpaired) electrons. The van der Waals surface area contributed by atoms with E-state index in [0.29, 0.717) is 11.9 Å². The van der Waals surface area contributed by atoms with Gasteiger partial charge in [0.1, 0.15) is 11.2 Å². The lowest BCUT2D eigenvalue weighted by Gasteiger charge is -2.18. The number of para-hydroxylation sites is 3. The fourth-order valence-electron chi connectivity index (χ4n) is 10.0. The third kappa shape index (κ3) is 4.71. The molecule has 4 nitrogen and oxygen atoms in total. The van der Waals surface area contributed by atoms with Crippen molar-refractivity contribution in [2.24, 2.45) is 5.92 Å². The number of hydrogen-bond acceptors (Lipinski definition) is 3. The summed E-state index contributed by atoms with van der Waals surface area (Å²) in [5.74, 6) is 1.20. The largest absolute Gasteiger partial charge is 0.456 e. The van der Waals surface area contributed by atoms with Crippen molar-refractivity contribution in [1.29, 1.82) is 0 Å². The molecule has 1 aliphatic rings. The average molecular weight is 754 g/mol. The number of fused-ring (bicyclic) bond motifs is 15. The van der Waals surface area contributed by atoms with Gasteiger partial charge < -0.3 is 4.42 Å². The second kappa shape index (κ2) is 12.2. The number of allylic oxidation sites excluding steroid dienone is 1. The Balaban J connectivity index is 1.14. The van der Waals surface area contributed by atoms with Crippen molar-refractivity contribution < 1.29 is 4.42 Å². The van der Waals surface area contributed by atoms with E-state index in [2.05, 4.69) is 175 Å². The van der Waals surface area contributed by atoms with Crippen LogP contribution in [0.2, 0.25) is 0 Å². The molecule has 4 heteroatoms. The first-order chi connectivity index (χ1) is 29.2. The zero-order valence-electron chi connectivity index (χ0n) is 32.3. The summed E-state index contributed by atoms with van der Waals surface area (Å²) in [7, 11) is 0. The molecule has 59 heavy (non-hydrogen) atoms. The zero-order valence-corrected chi connectivity index (χ0v) is 32.3. The smallest absolute Gasteiger partial charge is 0.235 e. The molecule has 0 spiro atoms. The highest BCUT2D eigenvalue weighted by molar-refractivity contribution is 6.38. The fourth-order valence-corrected chi connectivity index (χ4v) is 10.0. The molecular formula is C55H35N3O. The fraction of sp³-hybridized carbons (Fsp3) is 0.0545. The zero-order chi connectivity index (χ0) is 38.8. The molecule has 0 amide bonds. The molecule has 276 valence electrons. The van der Waals surface area contributed by atoms with Crippen LogP contribution in [0.25, 0.3) is 121 Å². The molecule has 13 rings (SSSR count). The van der Waals surface area contributed by atoms with Crippen LogP contribution in [0.3, 0.4) is 0 Å². The van der Waals surface area contributed by atoms with Gasteiger partial charge in [-0.15, -0.1) is 0 Å². The van der Waals surface area contributed by atoms with Crippen LogP contribution in [0.4, 0.5) is 0 Å². The van der Waals surface area contributed by atoms with Gasteiger partial charge in [-0.1, -0.05) is 140 Å². The summed E-state index contributed by atoms with van der Waals surface area (Å²) in [6.07, 6.45) is 5.64. The number of nitrogens with zero attached hydrogens (tertiary/aromatic N) is 3. The van der Waals surface area contributed by atoms with Gasteiger partial charge in [0.2, 0.25) is 5.95 Å². The van der Waals surface area contributed by atoms with E-state index in [1.807, 2.05) is 12.1 Å². The molecule has 3 heterocycles. The third-order valence-corrected chi connectivity index (χ3v) is 12.7. The number of benzene rings is 9. The van der Waals surface area contributed by atoms with Crippen LogP contribution in [-0.4, -0.2) is 14.5 Å². The van der Waals surface area contributed by atoms with Crippen LogP contribution in [0.15, 0.2) is 174 Å². The summed E-state index contributed by atoms with van der Waals surface area (Å²) in [6, 6.07) is 59.2. The predicted octanol–water partition coefficient (Wildman–Crippen LogP) is 14.6. The van der Waals surface area contributed by atoms with Crippen molar-refractivity contribution in [2.75, 3.05) is 0 Å². The summed E-state index contributed by atoms with van der Waals surface area (Å²) in [4.78, 5) is 10.9. The van der Waals surface area contributed by atoms with E-state index in [1.54, 1.807) is 0 Å². The van der Waals surface area contributed by atoms with E-state index >= 15 is 0 Å². The lowest BCUT2D eigenvalue weighted by Crippen LogP contribution is -2.05. The maximum absolute atomic E-state index is 6.25. The molecule has 9 aromatic carbocycles. The Labute approximate surface area is 339 Å². The van der Waals surface area contributed by atoms with Crippen molar-refractivity contribution in [3.63, 3.8) is 0 Å². The van der Waals surface area contributed by atoms with E-state index in [-0.39, 0.29) is 0 Å². The molecule has 1 aliphatic carbocycles. The molecule has 0 N–H and O–H groups in total. The molecule has 0 saturated heterocycles. The Morgan fingerprint density at radius 2 is 1.22 bits per heavy atom. The van der Waals surface area contributed by atoms with Crippen LogP contribution in [0.5, 0.6) is 0 Å². The molecule has 0 bridgehead atoms. The Morgan fingerprint density at radius 1 is 0.525 bits per heavy atom. The highest BCUT2D eigenvalue weighted by Gasteiger charge is 2.24. The van der Waals surface area contributed by atoms with Gasteiger partial charge in [0.25, 0.3) is 0 Å². The minimum atomic E-state index is 0.539. The van der Waals surface area contributed by atoms with E-state index < -0.39 is 0 Å². The topological polar surface area (TPSA) is 43.9 Å². The van der Waals surface area contributed by atoms with Gasteiger partial charge in [0, 0.05) is 43.3 Å². The van der Waals surface area contributed by atoms with Gasteiger partial charge in [0.05, 0.1) is 22.2 Å². The van der Waals surface area contributed by atoms with Crippen molar-refractivity contribution in [2.45, 2.75) is 13.3 Å². The molecule has 0 saturated carbocycles. The summed E-state index contributed by atoms with van der Waals surface area (Å²) < 4.78 is 8.58. The number of aromatic nitrogens is 3. The Morgan fingerprint density at radius 3 is 2.10 bits per heavy atom. The SMILES string of the molecule is CC1C=Cc2cc(-c3nc(-n4c5ccccc5c5c6c7ccccc7c(-c7ccc8oc9ccccc9c8c7)cc6c6ccccc6c54)nc4ccccc34)ccc2C1. The second-order valence-corrected chi connectivity index (χ2v) is 16.2. The van der Waals surface area contributed by atoms with Crippen LogP contribution < -0.4 is 0 Å². The second-order valence-electron chi connectivity index (χ2n) is 16.2. The summed E-state index contributed by atoms with van der Waals surface area (Å²) in [6.45, 7) is 2.28. The van der Waals surface area contributed by atoms with Gasteiger partial charge >= 0.3 is 0 Å². The summed E-state index contributed by atoms with van der Waals surface area (Å²) in [5, 5.41) is 12.9.